The summed E-state index contributed by atoms with van der Waals surface area (Å²) in [6.07, 6.45) is 3.30. The van der Waals surface area contributed by atoms with Crippen molar-refractivity contribution in [2.24, 2.45) is 5.84 Å². The van der Waals surface area contributed by atoms with Crippen LogP contribution >= 0.6 is 0 Å². The average Bonchev–Trinajstić information content (AvgIpc) is 2.17. The third-order valence-corrected chi connectivity index (χ3v) is 1.65. The van der Waals surface area contributed by atoms with Gasteiger partial charge in [-0.1, -0.05) is 6.07 Å². The number of anilines is 1. The van der Waals surface area contributed by atoms with E-state index in [4.69, 9.17) is 5.84 Å². The molecular formula is C8H8N4. The second-order valence-electron chi connectivity index (χ2n) is 2.37. The summed E-state index contributed by atoms with van der Waals surface area (Å²) in [6.45, 7) is 0. The molecule has 0 bridgehead atoms. The molecular weight excluding hydrogens is 152 g/mol. The molecule has 1 heterocycles. The van der Waals surface area contributed by atoms with E-state index >= 15 is 0 Å². The highest BCUT2D eigenvalue weighted by Gasteiger charge is 1.98. The van der Waals surface area contributed by atoms with E-state index in [1.54, 1.807) is 12.4 Å². The summed E-state index contributed by atoms with van der Waals surface area (Å²) in [7, 11) is 0. The minimum absolute atomic E-state index is 0.792. The standard InChI is InChI=1S/C8H8N4/c9-12-7-3-1-2-6-8(7)11-5-4-10-6/h1-5,12H,9H2. The first kappa shape index (κ1) is 7.00. The molecule has 0 amide bonds. The molecule has 0 unspecified atom stereocenters. The lowest BCUT2D eigenvalue weighted by Gasteiger charge is -2.01. The lowest BCUT2D eigenvalue weighted by Crippen LogP contribution is -2.07. The van der Waals surface area contributed by atoms with E-state index < -0.39 is 0 Å². The first-order chi connectivity index (χ1) is 5.92. The van der Waals surface area contributed by atoms with Crippen LogP contribution in [0.15, 0.2) is 30.6 Å². The van der Waals surface area contributed by atoms with Gasteiger partial charge in [-0.3, -0.25) is 15.8 Å². The van der Waals surface area contributed by atoms with E-state index in [0.29, 0.717) is 0 Å². The summed E-state index contributed by atoms with van der Waals surface area (Å²) < 4.78 is 0. The first-order valence-electron chi connectivity index (χ1n) is 3.58. The van der Waals surface area contributed by atoms with Crippen LogP contribution in [0.3, 0.4) is 0 Å². The first-order valence-corrected chi connectivity index (χ1v) is 3.58. The molecule has 1 aromatic heterocycles. The topological polar surface area (TPSA) is 63.8 Å². The van der Waals surface area contributed by atoms with Crippen molar-refractivity contribution in [3.05, 3.63) is 30.6 Å². The van der Waals surface area contributed by atoms with Crippen LogP contribution in [-0.2, 0) is 0 Å². The molecule has 0 aliphatic carbocycles. The molecule has 0 radical (unpaired) electrons. The van der Waals surface area contributed by atoms with Crippen LogP contribution in [0, 0.1) is 0 Å². The maximum Gasteiger partial charge on any atom is 0.113 e. The minimum atomic E-state index is 0.792. The number of fused-ring (bicyclic) bond motifs is 1. The van der Waals surface area contributed by atoms with Crippen molar-refractivity contribution in [2.75, 3.05) is 5.43 Å². The van der Waals surface area contributed by atoms with E-state index in [1.165, 1.54) is 0 Å². The molecule has 0 saturated heterocycles. The van der Waals surface area contributed by atoms with Gasteiger partial charge in [0.1, 0.15) is 5.52 Å². The molecule has 12 heavy (non-hydrogen) atoms. The lowest BCUT2D eigenvalue weighted by atomic mass is 10.2. The number of rotatable bonds is 1. The maximum atomic E-state index is 5.30. The fourth-order valence-corrected chi connectivity index (χ4v) is 1.11. The average molecular weight is 160 g/mol. The van der Waals surface area contributed by atoms with Crippen molar-refractivity contribution in [1.82, 2.24) is 9.97 Å². The Morgan fingerprint density at radius 2 is 2.00 bits per heavy atom. The predicted octanol–water partition coefficient (Wildman–Crippen LogP) is 0.915. The highest BCUT2D eigenvalue weighted by molar-refractivity contribution is 5.86. The predicted molar refractivity (Wildman–Crippen MR) is 47.3 cm³/mol. The van der Waals surface area contributed by atoms with Crippen LogP contribution in [-0.4, -0.2) is 9.97 Å². The molecule has 0 atom stereocenters. The third kappa shape index (κ3) is 0.981. The van der Waals surface area contributed by atoms with Crippen LogP contribution in [0.1, 0.15) is 0 Å². The van der Waals surface area contributed by atoms with Crippen LogP contribution in [0.25, 0.3) is 11.0 Å². The van der Waals surface area contributed by atoms with Crippen molar-refractivity contribution in [3.63, 3.8) is 0 Å². The van der Waals surface area contributed by atoms with Gasteiger partial charge >= 0.3 is 0 Å². The van der Waals surface area contributed by atoms with Gasteiger partial charge < -0.3 is 5.43 Å². The van der Waals surface area contributed by atoms with Crippen LogP contribution < -0.4 is 11.3 Å². The second kappa shape index (κ2) is 2.75. The summed E-state index contributed by atoms with van der Waals surface area (Å²) in [5.74, 6) is 5.30. The number of nitrogens with one attached hydrogen (secondary N) is 1. The lowest BCUT2D eigenvalue weighted by molar-refractivity contribution is 1.27. The van der Waals surface area contributed by atoms with E-state index in [-0.39, 0.29) is 0 Å². The Morgan fingerprint density at radius 3 is 2.83 bits per heavy atom. The number of para-hydroxylation sites is 1. The van der Waals surface area contributed by atoms with Crippen molar-refractivity contribution >= 4 is 16.7 Å². The molecule has 4 heteroatoms. The van der Waals surface area contributed by atoms with Crippen molar-refractivity contribution < 1.29 is 0 Å². The highest BCUT2D eigenvalue weighted by Crippen LogP contribution is 2.16. The summed E-state index contributed by atoms with van der Waals surface area (Å²) in [6, 6.07) is 5.63. The molecule has 2 aromatic rings. The zero-order valence-corrected chi connectivity index (χ0v) is 6.36. The van der Waals surface area contributed by atoms with E-state index in [1.807, 2.05) is 18.2 Å². The Hall–Kier alpha value is -1.68. The molecule has 0 aliphatic heterocycles. The maximum absolute atomic E-state index is 5.30. The molecule has 60 valence electrons. The minimum Gasteiger partial charge on any atom is -0.322 e. The fraction of sp³-hybridized carbons (Fsp3) is 0. The SMILES string of the molecule is NNc1cccc2nccnc12. The molecule has 1 aromatic carbocycles. The van der Waals surface area contributed by atoms with Gasteiger partial charge in [0, 0.05) is 12.4 Å². The molecule has 4 nitrogen and oxygen atoms in total. The summed E-state index contributed by atoms with van der Waals surface area (Å²) in [5, 5.41) is 0. The van der Waals surface area contributed by atoms with Gasteiger partial charge in [0.25, 0.3) is 0 Å². The molecule has 0 fully saturated rings. The monoisotopic (exact) mass is 160 g/mol. The normalized spacial score (nSPS) is 10.1. The van der Waals surface area contributed by atoms with E-state index in [9.17, 15) is 0 Å². The van der Waals surface area contributed by atoms with Crippen LogP contribution in [0.5, 0.6) is 0 Å². The Bertz CT molecular complexity index is 394. The zero-order chi connectivity index (χ0) is 8.39. The Morgan fingerprint density at radius 1 is 1.17 bits per heavy atom. The van der Waals surface area contributed by atoms with Crippen molar-refractivity contribution in [3.8, 4) is 0 Å². The van der Waals surface area contributed by atoms with Crippen molar-refractivity contribution in [1.29, 1.82) is 0 Å². The van der Waals surface area contributed by atoms with E-state index in [2.05, 4.69) is 15.4 Å². The summed E-state index contributed by atoms with van der Waals surface area (Å²) in [5.41, 5.74) is 4.99. The Kier molecular flexibility index (Phi) is 1.60. The summed E-state index contributed by atoms with van der Waals surface area (Å²) >= 11 is 0. The largest absolute Gasteiger partial charge is 0.322 e. The van der Waals surface area contributed by atoms with Gasteiger partial charge in [-0.15, -0.1) is 0 Å². The number of nitrogens with two attached hydrogens (primary N) is 1. The number of nitrogen functional groups attached to an aromatic ring is 1. The molecule has 0 aliphatic rings. The number of hydrogen-bond donors (Lipinski definition) is 2. The molecule has 2 rings (SSSR count). The van der Waals surface area contributed by atoms with E-state index in [0.717, 1.165) is 16.7 Å². The third-order valence-electron chi connectivity index (χ3n) is 1.65. The van der Waals surface area contributed by atoms with Crippen molar-refractivity contribution in [2.45, 2.75) is 0 Å². The quantitative estimate of drug-likeness (QED) is 0.481. The molecule has 0 spiro atoms. The number of hydrogen-bond acceptors (Lipinski definition) is 4. The Balaban J connectivity index is 2.79. The molecule has 3 N–H and O–H groups in total. The number of aromatic nitrogens is 2. The van der Waals surface area contributed by atoms with Crippen LogP contribution in [0.2, 0.25) is 0 Å². The number of nitrogens with zero attached hydrogens (tertiary/aromatic N) is 2. The fourth-order valence-electron chi connectivity index (χ4n) is 1.11. The Labute approximate surface area is 69.4 Å². The number of benzene rings is 1. The van der Waals surface area contributed by atoms with Gasteiger partial charge in [-0.25, -0.2) is 0 Å². The molecule has 0 saturated carbocycles. The van der Waals surface area contributed by atoms with Gasteiger partial charge in [-0.05, 0) is 12.1 Å². The van der Waals surface area contributed by atoms with Gasteiger partial charge in [-0.2, -0.15) is 0 Å². The van der Waals surface area contributed by atoms with Gasteiger partial charge in [0.05, 0.1) is 11.2 Å². The van der Waals surface area contributed by atoms with Gasteiger partial charge in [0.15, 0.2) is 0 Å². The second-order valence-corrected chi connectivity index (χ2v) is 2.37. The summed E-state index contributed by atoms with van der Waals surface area (Å²) in [4.78, 5) is 8.28. The smallest absolute Gasteiger partial charge is 0.113 e. The zero-order valence-electron chi connectivity index (χ0n) is 6.36. The van der Waals surface area contributed by atoms with Crippen LogP contribution in [0.4, 0.5) is 5.69 Å². The van der Waals surface area contributed by atoms with Gasteiger partial charge in [0.2, 0.25) is 0 Å². The number of hydrazine groups is 1. The highest BCUT2D eigenvalue weighted by atomic mass is 15.2.